The van der Waals surface area contributed by atoms with E-state index in [1.165, 1.54) is 4.90 Å². The first-order valence-electron chi connectivity index (χ1n) is 6.05. The molecule has 100 valence electrons. The Morgan fingerprint density at radius 1 is 1.44 bits per heavy atom. The molecule has 1 aliphatic heterocycles. The molecule has 0 bridgehead atoms. The van der Waals surface area contributed by atoms with Crippen LogP contribution in [0.3, 0.4) is 0 Å². The van der Waals surface area contributed by atoms with Crippen molar-refractivity contribution in [2.75, 3.05) is 7.05 Å². The van der Waals surface area contributed by atoms with Crippen LogP contribution in [0.15, 0.2) is 23.9 Å². The van der Waals surface area contributed by atoms with Crippen LogP contribution >= 0.6 is 0 Å². The van der Waals surface area contributed by atoms with E-state index in [1.807, 2.05) is 19.9 Å². The molecule has 3 N–H and O–H groups in total. The molecule has 1 rings (SSSR count). The van der Waals surface area contributed by atoms with E-state index in [-0.39, 0.29) is 17.7 Å². The molecule has 0 saturated carbocycles. The number of hydrogen-bond acceptors (Lipinski definition) is 3. The molecule has 0 aromatic heterocycles. The zero-order valence-corrected chi connectivity index (χ0v) is 11.3. The Hall–Kier alpha value is -1.62. The molecule has 0 aromatic carbocycles. The summed E-state index contributed by atoms with van der Waals surface area (Å²) in [7, 11) is 1.67. The topological polar surface area (TPSA) is 75.4 Å². The van der Waals surface area contributed by atoms with Gasteiger partial charge in [-0.05, 0) is 30.6 Å². The number of allylic oxidation sites excluding steroid dienone is 2. The highest BCUT2D eigenvalue weighted by Gasteiger charge is 2.24. The fourth-order valence-electron chi connectivity index (χ4n) is 1.58. The van der Waals surface area contributed by atoms with E-state index in [1.54, 1.807) is 26.2 Å². The van der Waals surface area contributed by atoms with Crippen LogP contribution in [0.1, 0.15) is 20.8 Å². The zero-order chi connectivity index (χ0) is 13.9. The van der Waals surface area contributed by atoms with Crippen molar-refractivity contribution in [3.63, 3.8) is 0 Å². The average Bonchev–Trinajstić information content (AvgIpc) is 2.42. The van der Waals surface area contributed by atoms with E-state index in [9.17, 15) is 9.59 Å². The van der Waals surface area contributed by atoms with E-state index in [0.717, 1.165) is 5.57 Å². The van der Waals surface area contributed by atoms with Crippen molar-refractivity contribution in [2.45, 2.75) is 32.9 Å². The standard InChI is InChI=1S/C13H21N3O2/c1-8(2)10-5-6-16(4)13(18)11(7-10)15-12(17)9(3)14/h5-9,11H,14H2,1-4H3,(H,15,17)/t9-,11?/m0/s1. The van der Waals surface area contributed by atoms with Crippen LogP contribution < -0.4 is 11.1 Å². The maximum Gasteiger partial charge on any atom is 0.252 e. The lowest BCUT2D eigenvalue weighted by Crippen LogP contribution is -2.49. The summed E-state index contributed by atoms with van der Waals surface area (Å²) in [6.45, 7) is 5.67. The second-order valence-electron chi connectivity index (χ2n) is 4.86. The molecule has 0 aliphatic carbocycles. The lowest BCUT2D eigenvalue weighted by atomic mass is 10.0. The Balaban J connectivity index is 2.95. The first-order chi connectivity index (χ1) is 8.32. The SMILES string of the molecule is CC(C)C1=CC(NC(=O)[C@H](C)N)C(=O)N(C)C=C1. The van der Waals surface area contributed by atoms with Gasteiger partial charge in [-0.25, -0.2) is 0 Å². The highest BCUT2D eigenvalue weighted by molar-refractivity contribution is 5.91. The normalized spacial score (nSPS) is 21.7. The van der Waals surface area contributed by atoms with E-state index in [4.69, 9.17) is 5.73 Å². The van der Waals surface area contributed by atoms with Crippen molar-refractivity contribution in [1.82, 2.24) is 10.2 Å². The predicted molar refractivity (Wildman–Crippen MR) is 70.4 cm³/mol. The largest absolute Gasteiger partial charge is 0.340 e. The highest BCUT2D eigenvalue weighted by Crippen LogP contribution is 2.16. The summed E-state index contributed by atoms with van der Waals surface area (Å²) in [6.07, 6.45) is 5.39. The van der Waals surface area contributed by atoms with Crippen molar-refractivity contribution < 1.29 is 9.59 Å². The summed E-state index contributed by atoms with van der Waals surface area (Å²) in [5.74, 6) is -0.214. The Bertz CT molecular complexity index is 397. The van der Waals surface area contributed by atoms with Gasteiger partial charge in [-0.1, -0.05) is 13.8 Å². The van der Waals surface area contributed by atoms with E-state index < -0.39 is 12.1 Å². The molecule has 0 radical (unpaired) electrons. The molecule has 0 spiro atoms. The fraction of sp³-hybridized carbons (Fsp3) is 0.538. The summed E-state index contributed by atoms with van der Waals surface area (Å²) in [5, 5.41) is 2.65. The number of nitrogens with zero attached hydrogens (tertiary/aromatic N) is 1. The molecular formula is C13H21N3O2. The second-order valence-corrected chi connectivity index (χ2v) is 4.86. The third-order valence-electron chi connectivity index (χ3n) is 2.84. The van der Waals surface area contributed by atoms with Gasteiger partial charge in [-0.2, -0.15) is 0 Å². The molecule has 5 nitrogen and oxygen atoms in total. The van der Waals surface area contributed by atoms with Gasteiger partial charge < -0.3 is 16.0 Å². The number of amides is 2. The fourth-order valence-corrected chi connectivity index (χ4v) is 1.58. The second kappa shape index (κ2) is 5.82. The number of nitrogens with one attached hydrogen (secondary N) is 1. The Morgan fingerprint density at radius 2 is 2.06 bits per heavy atom. The van der Waals surface area contributed by atoms with Crippen LogP contribution in [0.2, 0.25) is 0 Å². The van der Waals surface area contributed by atoms with Crippen molar-refractivity contribution in [3.05, 3.63) is 23.9 Å². The van der Waals surface area contributed by atoms with Gasteiger partial charge in [0.2, 0.25) is 5.91 Å². The Morgan fingerprint density at radius 3 is 2.56 bits per heavy atom. The van der Waals surface area contributed by atoms with Gasteiger partial charge in [0.1, 0.15) is 6.04 Å². The summed E-state index contributed by atoms with van der Waals surface area (Å²) < 4.78 is 0. The van der Waals surface area contributed by atoms with Crippen LogP contribution in [0.25, 0.3) is 0 Å². The van der Waals surface area contributed by atoms with E-state index in [0.29, 0.717) is 0 Å². The maximum atomic E-state index is 12.0. The molecule has 2 atom stereocenters. The minimum Gasteiger partial charge on any atom is -0.340 e. The third kappa shape index (κ3) is 3.43. The van der Waals surface area contributed by atoms with Crippen molar-refractivity contribution >= 4 is 11.8 Å². The van der Waals surface area contributed by atoms with Gasteiger partial charge >= 0.3 is 0 Å². The molecular weight excluding hydrogens is 230 g/mol. The van der Waals surface area contributed by atoms with Gasteiger partial charge in [0.05, 0.1) is 6.04 Å². The molecule has 0 fully saturated rings. The molecule has 2 amide bonds. The summed E-state index contributed by atoms with van der Waals surface area (Å²) in [5.41, 5.74) is 6.51. The van der Waals surface area contributed by atoms with Crippen LogP contribution in [-0.2, 0) is 9.59 Å². The van der Waals surface area contributed by atoms with Crippen LogP contribution in [0.5, 0.6) is 0 Å². The molecule has 0 saturated heterocycles. The quantitative estimate of drug-likeness (QED) is 0.761. The van der Waals surface area contributed by atoms with Crippen molar-refractivity contribution in [1.29, 1.82) is 0 Å². The van der Waals surface area contributed by atoms with Crippen LogP contribution in [0, 0.1) is 5.92 Å². The lowest BCUT2D eigenvalue weighted by molar-refractivity contribution is -0.132. The van der Waals surface area contributed by atoms with Crippen LogP contribution in [-0.4, -0.2) is 35.8 Å². The number of likely N-dealkylation sites (N-methyl/N-ethyl adjacent to an activating group) is 1. The summed E-state index contributed by atoms with van der Waals surface area (Å²) >= 11 is 0. The van der Waals surface area contributed by atoms with E-state index >= 15 is 0 Å². The van der Waals surface area contributed by atoms with Gasteiger partial charge in [0, 0.05) is 13.2 Å². The molecule has 1 heterocycles. The molecule has 5 heteroatoms. The van der Waals surface area contributed by atoms with Crippen molar-refractivity contribution in [2.24, 2.45) is 11.7 Å². The smallest absolute Gasteiger partial charge is 0.252 e. The number of hydrogen-bond donors (Lipinski definition) is 2. The number of nitrogens with two attached hydrogens (primary N) is 1. The Kier molecular flexibility index (Phi) is 4.67. The summed E-state index contributed by atoms with van der Waals surface area (Å²) in [4.78, 5) is 25.1. The first kappa shape index (κ1) is 14.4. The van der Waals surface area contributed by atoms with Gasteiger partial charge in [0.25, 0.3) is 5.91 Å². The minimum absolute atomic E-state index is 0.170. The number of carbonyl (C=O) groups excluding carboxylic acids is 2. The Labute approximate surface area is 108 Å². The highest BCUT2D eigenvalue weighted by atomic mass is 16.2. The molecule has 18 heavy (non-hydrogen) atoms. The van der Waals surface area contributed by atoms with Gasteiger partial charge in [-0.3, -0.25) is 9.59 Å². The van der Waals surface area contributed by atoms with Crippen molar-refractivity contribution in [3.8, 4) is 0 Å². The average molecular weight is 251 g/mol. The van der Waals surface area contributed by atoms with Crippen LogP contribution in [0.4, 0.5) is 0 Å². The summed E-state index contributed by atoms with van der Waals surface area (Å²) in [6, 6.07) is -1.28. The zero-order valence-electron chi connectivity index (χ0n) is 11.3. The predicted octanol–water partition coefficient (Wildman–Crippen LogP) is 0.387. The molecule has 1 unspecified atom stereocenters. The third-order valence-corrected chi connectivity index (χ3v) is 2.84. The number of rotatable bonds is 3. The maximum absolute atomic E-state index is 12.0. The lowest BCUT2D eigenvalue weighted by Gasteiger charge is -2.19. The monoisotopic (exact) mass is 251 g/mol. The minimum atomic E-state index is -0.652. The number of carbonyl (C=O) groups is 2. The van der Waals surface area contributed by atoms with Gasteiger partial charge in [0.15, 0.2) is 0 Å². The van der Waals surface area contributed by atoms with E-state index in [2.05, 4.69) is 5.32 Å². The van der Waals surface area contributed by atoms with Gasteiger partial charge in [-0.15, -0.1) is 0 Å². The molecule has 0 aromatic rings. The molecule has 1 aliphatic rings. The first-order valence-corrected chi connectivity index (χ1v) is 6.05.